The number of aryl methyl sites for hydroxylation is 1. The normalized spacial score (nSPS) is 10.7. The lowest BCUT2D eigenvalue weighted by Gasteiger charge is -2.11. The van der Waals surface area contributed by atoms with Gasteiger partial charge in [0.25, 0.3) is 5.91 Å². The van der Waals surface area contributed by atoms with Crippen LogP contribution in [0.15, 0.2) is 55.0 Å². The maximum absolute atomic E-state index is 13.4. The summed E-state index contributed by atoms with van der Waals surface area (Å²) in [5, 5.41) is 11.6. The fourth-order valence-corrected chi connectivity index (χ4v) is 3.50. The Kier molecular flexibility index (Phi) is 6.76. The van der Waals surface area contributed by atoms with Crippen LogP contribution in [-0.4, -0.2) is 50.9 Å². The molecule has 35 heavy (non-hydrogen) atoms. The average Bonchev–Trinajstić information content (AvgIpc) is 3.51. The first-order valence-corrected chi connectivity index (χ1v) is 10.5. The van der Waals surface area contributed by atoms with Gasteiger partial charge in [0, 0.05) is 12.0 Å². The third-order valence-corrected chi connectivity index (χ3v) is 5.24. The fraction of sp³-hybridized carbons (Fsp3) is 0.167. The van der Waals surface area contributed by atoms with Crippen LogP contribution in [0.3, 0.4) is 0 Å². The van der Waals surface area contributed by atoms with Crippen molar-refractivity contribution in [3.8, 4) is 28.5 Å². The predicted molar refractivity (Wildman–Crippen MR) is 125 cm³/mol. The molecule has 2 aromatic heterocycles. The van der Waals surface area contributed by atoms with Gasteiger partial charge in [0.15, 0.2) is 11.5 Å². The molecule has 0 radical (unpaired) electrons. The van der Waals surface area contributed by atoms with Gasteiger partial charge in [-0.3, -0.25) is 9.59 Å². The number of aliphatic carboxylic acids is 1. The molecule has 0 fully saturated rings. The minimum atomic E-state index is -0.895. The van der Waals surface area contributed by atoms with Crippen LogP contribution in [0.25, 0.3) is 22.8 Å². The number of nitrogens with one attached hydrogen (secondary N) is 2. The molecule has 0 aliphatic heterocycles. The maximum Gasteiger partial charge on any atom is 0.303 e. The van der Waals surface area contributed by atoms with Crippen molar-refractivity contribution in [2.45, 2.75) is 12.8 Å². The number of methoxy groups -OCH3 is 1. The summed E-state index contributed by atoms with van der Waals surface area (Å²) in [5.74, 6) is -1.01. The number of benzene rings is 2. The zero-order valence-electron chi connectivity index (χ0n) is 18.9. The van der Waals surface area contributed by atoms with Gasteiger partial charge in [0.05, 0.1) is 19.0 Å². The molecule has 2 heterocycles. The van der Waals surface area contributed by atoms with Gasteiger partial charge in [-0.1, -0.05) is 6.07 Å². The number of aromatic nitrogens is 4. The highest BCUT2D eigenvalue weighted by atomic mass is 19.1. The molecular formula is C24H22FN5O5. The van der Waals surface area contributed by atoms with Crippen molar-refractivity contribution in [2.75, 3.05) is 19.5 Å². The van der Waals surface area contributed by atoms with Crippen LogP contribution in [-0.2, 0) is 11.2 Å². The Morgan fingerprint density at radius 3 is 2.60 bits per heavy atom. The number of anilines is 1. The van der Waals surface area contributed by atoms with Crippen LogP contribution < -0.4 is 14.9 Å². The predicted octanol–water partition coefficient (Wildman–Crippen LogP) is 3.42. The molecule has 0 saturated heterocycles. The molecule has 2 aromatic carbocycles. The Labute approximate surface area is 199 Å². The molecule has 0 unspecified atom stereocenters. The number of H-pyrrole nitrogens is 1. The first-order valence-electron chi connectivity index (χ1n) is 10.5. The molecule has 0 aliphatic rings. The smallest absolute Gasteiger partial charge is 0.303 e. The Balaban J connectivity index is 1.58. The van der Waals surface area contributed by atoms with Crippen molar-refractivity contribution in [1.29, 1.82) is 0 Å². The van der Waals surface area contributed by atoms with E-state index in [0.29, 0.717) is 40.6 Å². The molecule has 4 aromatic rings. The number of hydrogen-bond donors (Lipinski definition) is 3. The third-order valence-electron chi connectivity index (χ3n) is 5.24. The highest BCUT2D eigenvalue weighted by Gasteiger charge is 2.21. The van der Waals surface area contributed by atoms with Crippen molar-refractivity contribution in [3.63, 3.8) is 0 Å². The number of halogens is 1. The molecule has 0 aliphatic carbocycles. The summed E-state index contributed by atoms with van der Waals surface area (Å²) in [6.45, 7) is 0. The van der Waals surface area contributed by atoms with Crippen molar-refractivity contribution in [3.05, 3.63) is 72.1 Å². The van der Waals surface area contributed by atoms with Gasteiger partial charge in [0.2, 0.25) is 0 Å². The van der Waals surface area contributed by atoms with Crippen LogP contribution in [0.5, 0.6) is 5.75 Å². The number of amides is 1. The van der Waals surface area contributed by atoms with E-state index in [9.17, 15) is 14.0 Å². The number of nitrogens with zero attached hydrogens (tertiary/aromatic N) is 3. The van der Waals surface area contributed by atoms with E-state index in [2.05, 4.69) is 20.3 Å². The molecule has 11 heteroatoms. The maximum atomic E-state index is 13.4. The SMILES string of the molecule is COc1cc(CCC(=O)O)ccc1NC(=O)c1cnc(-c2c(-c3ccc(F)cc3)ncn2OC)[nH]1. The topological polar surface area (TPSA) is 131 Å². The number of rotatable bonds is 9. The summed E-state index contributed by atoms with van der Waals surface area (Å²) >= 11 is 0. The van der Waals surface area contributed by atoms with E-state index in [4.69, 9.17) is 14.7 Å². The molecule has 1 amide bonds. The third kappa shape index (κ3) is 5.13. The number of ether oxygens (including phenoxy) is 1. The van der Waals surface area contributed by atoms with Gasteiger partial charge in [0.1, 0.15) is 36.4 Å². The lowest BCUT2D eigenvalue weighted by molar-refractivity contribution is -0.136. The van der Waals surface area contributed by atoms with E-state index in [1.165, 1.54) is 43.6 Å². The summed E-state index contributed by atoms with van der Waals surface area (Å²) < 4.78 is 20.1. The number of carbonyl (C=O) groups is 2. The summed E-state index contributed by atoms with van der Waals surface area (Å²) in [5.41, 5.74) is 2.96. The Bertz CT molecular complexity index is 1360. The van der Waals surface area contributed by atoms with Gasteiger partial charge in [-0.25, -0.2) is 14.4 Å². The van der Waals surface area contributed by atoms with Crippen molar-refractivity contribution in [2.24, 2.45) is 0 Å². The lowest BCUT2D eigenvalue weighted by atomic mass is 10.1. The van der Waals surface area contributed by atoms with Crippen LogP contribution in [0.4, 0.5) is 10.1 Å². The number of hydrogen-bond acceptors (Lipinski definition) is 6. The van der Waals surface area contributed by atoms with Gasteiger partial charge >= 0.3 is 5.97 Å². The average molecular weight is 479 g/mol. The Morgan fingerprint density at radius 2 is 1.91 bits per heavy atom. The second-order valence-corrected chi connectivity index (χ2v) is 7.49. The summed E-state index contributed by atoms with van der Waals surface area (Å²) in [6, 6.07) is 10.9. The van der Waals surface area contributed by atoms with Gasteiger partial charge in [-0.2, -0.15) is 4.73 Å². The molecule has 0 spiro atoms. The van der Waals surface area contributed by atoms with E-state index >= 15 is 0 Å². The van der Waals surface area contributed by atoms with E-state index < -0.39 is 11.9 Å². The van der Waals surface area contributed by atoms with E-state index in [-0.39, 0.29) is 17.9 Å². The van der Waals surface area contributed by atoms with Gasteiger partial charge < -0.3 is 25.0 Å². The first kappa shape index (κ1) is 23.5. The quantitative estimate of drug-likeness (QED) is 0.335. The summed E-state index contributed by atoms with van der Waals surface area (Å²) in [6.07, 6.45) is 3.16. The van der Waals surface area contributed by atoms with E-state index in [1.807, 2.05) is 0 Å². The fourth-order valence-electron chi connectivity index (χ4n) is 3.50. The molecule has 0 saturated carbocycles. The second-order valence-electron chi connectivity index (χ2n) is 7.49. The monoisotopic (exact) mass is 479 g/mol. The Morgan fingerprint density at radius 1 is 1.14 bits per heavy atom. The van der Waals surface area contributed by atoms with Crippen molar-refractivity contribution < 1.29 is 28.7 Å². The number of imidazole rings is 2. The van der Waals surface area contributed by atoms with Crippen molar-refractivity contribution in [1.82, 2.24) is 19.7 Å². The zero-order chi connectivity index (χ0) is 24.9. The molecule has 0 atom stereocenters. The molecule has 3 N–H and O–H groups in total. The second kappa shape index (κ2) is 10.1. The highest BCUT2D eigenvalue weighted by Crippen LogP contribution is 2.30. The molecular weight excluding hydrogens is 457 g/mol. The minimum Gasteiger partial charge on any atom is -0.495 e. The number of carboxylic acids is 1. The van der Waals surface area contributed by atoms with E-state index in [1.54, 1.807) is 30.3 Å². The number of aromatic amines is 1. The highest BCUT2D eigenvalue weighted by molar-refractivity contribution is 6.04. The minimum absolute atomic E-state index is 0.0102. The van der Waals surface area contributed by atoms with Crippen LogP contribution in [0.1, 0.15) is 22.5 Å². The summed E-state index contributed by atoms with van der Waals surface area (Å²) in [4.78, 5) is 40.7. The Hall–Kier alpha value is -4.67. The van der Waals surface area contributed by atoms with Crippen LogP contribution in [0, 0.1) is 5.82 Å². The number of carbonyl (C=O) groups excluding carboxylic acids is 1. The van der Waals surface area contributed by atoms with Crippen LogP contribution in [0.2, 0.25) is 0 Å². The first-order chi connectivity index (χ1) is 16.9. The van der Waals surface area contributed by atoms with Gasteiger partial charge in [-0.15, -0.1) is 0 Å². The van der Waals surface area contributed by atoms with Crippen molar-refractivity contribution >= 4 is 17.6 Å². The van der Waals surface area contributed by atoms with Gasteiger partial charge in [-0.05, 0) is 48.4 Å². The summed E-state index contributed by atoms with van der Waals surface area (Å²) in [7, 11) is 2.92. The molecule has 0 bridgehead atoms. The molecule has 180 valence electrons. The largest absolute Gasteiger partial charge is 0.495 e. The lowest BCUT2D eigenvalue weighted by Crippen LogP contribution is -2.13. The van der Waals surface area contributed by atoms with E-state index in [0.717, 1.165) is 5.56 Å². The standard InChI is InChI=1S/C24H22FN5O5/c1-34-19-11-14(4-10-20(31)32)3-9-17(19)29-24(33)18-12-26-23(28-18)22-21(27-13-30(22)35-2)15-5-7-16(25)8-6-15/h3,5-9,11-13H,4,10H2,1-2H3,(H,26,28)(H,29,33)(H,31,32). The number of carboxylic acid groups (broad SMARTS) is 1. The molecule has 10 nitrogen and oxygen atoms in total. The molecule has 4 rings (SSSR count). The zero-order valence-corrected chi connectivity index (χ0v) is 18.9. The van der Waals surface area contributed by atoms with Crippen LogP contribution >= 0.6 is 0 Å².